The highest BCUT2D eigenvalue weighted by atomic mass is 32.2. The van der Waals surface area contributed by atoms with Crippen molar-refractivity contribution in [1.82, 2.24) is 5.32 Å². The quantitative estimate of drug-likeness (QED) is 0.410. The third-order valence-electron chi connectivity index (χ3n) is 3.77. The van der Waals surface area contributed by atoms with Gasteiger partial charge in [0.05, 0.1) is 6.10 Å². The molecule has 1 amide bonds. The smallest absolute Gasteiger partial charge is 0.325 e. The van der Waals surface area contributed by atoms with E-state index < -0.39 is 51.7 Å². The second-order valence-electron chi connectivity index (χ2n) is 5.32. The molecule has 2 saturated heterocycles. The van der Waals surface area contributed by atoms with E-state index in [1.54, 1.807) is 6.92 Å². The summed E-state index contributed by atoms with van der Waals surface area (Å²) in [4.78, 5) is 22.5. The average Bonchev–Trinajstić information content (AvgIpc) is 2.94. The molecule has 0 aromatic heterocycles. The maximum absolute atomic E-state index is 11.6. The molecule has 0 radical (unpaired) electrons. The average molecular weight is 333 g/mol. The summed E-state index contributed by atoms with van der Waals surface area (Å²) in [5.74, 6) is -1.08. The van der Waals surface area contributed by atoms with Gasteiger partial charge in [0.1, 0.15) is 30.1 Å². The van der Waals surface area contributed by atoms with Crippen LogP contribution in [0.4, 0.5) is 0 Å². The lowest BCUT2D eigenvalue weighted by molar-refractivity contribution is -0.155. The van der Waals surface area contributed by atoms with Crippen molar-refractivity contribution in [3.8, 4) is 0 Å². The van der Waals surface area contributed by atoms with E-state index in [1.807, 2.05) is 0 Å². The molecule has 0 aliphatic carbocycles. The number of nitrogens with one attached hydrogen (secondary N) is 1. The predicted molar refractivity (Wildman–Crippen MR) is 75.3 cm³/mol. The van der Waals surface area contributed by atoms with E-state index in [0.717, 1.165) is 6.08 Å². The van der Waals surface area contributed by atoms with Gasteiger partial charge in [0.2, 0.25) is 5.91 Å². The first-order chi connectivity index (χ1) is 10.2. The maximum atomic E-state index is 11.6. The lowest BCUT2D eigenvalue weighted by Crippen LogP contribution is -2.36. The second kappa shape index (κ2) is 6.35. The van der Waals surface area contributed by atoms with Crippen molar-refractivity contribution >= 4 is 22.0 Å². The predicted octanol–water partition coefficient (Wildman–Crippen LogP) is -0.505. The molecule has 124 valence electrons. The molecule has 0 aromatic carbocycles. The monoisotopic (exact) mass is 333 g/mol. The van der Waals surface area contributed by atoms with Gasteiger partial charge < -0.3 is 14.8 Å². The summed E-state index contributed by atoms with van der Waals surface area (Å²) >= 11 is 0. The molecule has 2 heterocycles. The molecule has 0 spiro atoms. The fraction of sp³-hybridized carbons (Fsp3) is 0.692. The third kappa shape index (κ3) is 3.47. The normalized spacial score (nSPS) is 33.7. The van der Waals surface area contributed by atoms with Crippen LogP contribution in [0.3, 0.4) is 0 Å². The number of carbonyl (C=O) groups is 2. The molecule has 0 bridgehead atoms. The zero-order valence-corrected chi connectivity index (χ0v) is 13.2. The Kier molecular flexibility index (Phi) is 4.88. The minimum atomic E-state index is -3.57. The number of fused-ring (bicyclic) bond motifs is 1. The van der Waals surface area contributed by atoms with Crippen molar-refractivity contribution < 1.29 is 31.7 Å². The summed E-state index contributed by atoms with van der Waals surface area (Å²) in [5, 5.41) is 1.57. The van der Waals surface area contributed by atoms with Crippen molar-refractivity contribution in [1.29, 1.82) is 0 Å². The third-order valence-corrected chi connectivity index (χ3v) is 5.47. The van der Waals surface area contributed by atoms with Gasteiger partial charge in [-0.2, -0.15) is 8.42 Å². The summed E-state index contributed by atoms with van der Waals surface area (Å²) in [6.45, 7) is 6.18. The van der Waals surface area contributed by atoms with Crippen LogP contribution in [0.25, 0.3) is 0 Å². The van der Waals surface area contributed by atoms with Crippen molar-refractivity contribution in [2.45, 2.75) is 49.9 Å². The van der Waals surface area contributed by atoms with Gasteiger partial charge in [-0.25, -0.2) is 0 Å². The van der Waals surface area contributed by atoms with Gasteiger partial charge in [-0.15, -0.1) is 0 Å². The zero-order valence-electron chi connectivity index (χ0n) is 12.4. The number of ether oxygens (including phenoxy) is 2. The highest BCUT2D eigenvalue weighted by molar-refractivity contribution is 7.87. The van der Waals surface area contributed by atoms with Crippen LogP contribution in [0, 0.1) is 0 Å². The Hall–Kier alpha value is -1.45. The van der Waals surface area contributed by atoms with Gasteiger partial charge >= 0.3 is 5.97 Å². The fourth-order valence-electron chi connectivity index (χ4n) is 2.50. The Morgan fingerprint density at radius 2 is 2.18 bits per heavy atom. The van der Waals surface area contributed by atoms with E-state index in [2.05, 4.69) is 11.9 Å². The number of hydrogen-bond acceptors (Lipinski definition) is 7. The molecule has 2 rings (SSSR count). The van der Waals surface area contributed by atoms with E-state index in [1.165, 1.54) is 6.92 Å². The molecule has 1 N–H and O–H groups in total. The van der Waals surface area contributed by atoms with Gasteiger partial charge in [0, 0.05) is 6.42 Å². The molecule has 2 aliphatic heterocycles. The number of amides is 1. The van der Waals surface area contributed by atoms with Crippen molar-refractivity contribution in [3.63, 3.8) is 0 Å². The van der Waals surface area contributed by atoms with E-state index in [0.29, 0.717) is 6.42 Å². The molecule has 5 unspecified atom stereocenters. The van der Waals surface area contributed by atoms with Crippen LogP contribution in [0.1, 0.15) is 20.3 Å². The first-order valence-corrected chi connectivity index (χ1v) is 8.39. The van der Waals surface area contributed by atoms with Crippen LogP contribution in [0.15, 0.2) is 12.7 Å². The Labute approximate surface area is 128 Å². The topological polar surface area (TPSA) is 108 Å². The maximum Gasteiger partial charge on any atom is 0.325 e. The molecule has 2 fully saturated rings. The minimum Gasteiger partial charge on any atom is -0.459 e. The first-order valence-electron chi connectivity index (χ1n) is 6.92. The van der Waals surface area contributed by atoms with Crippen LogP contribution in [-0.4, -0.2) is 56.5 Å². The van der Waals surface area contributed by atoms with Crippen molar-refractivity contribution in [2.75, 3.05) is 6.54 Å². The minimum absolute atomic E-state index is 0.268. The fourth-order valence-corrected chi connectivity index (χ4v) is 3.77. The number of esters is 1. The Morgan fingerprint density at radius 1 is 1.50 bits per heavy atom. The van der Waals surface area contributed by atoms with Gasteiger partial charge in [-0.3, -0.25) is 13.8 Å². The summed E-state index contributed by atoms with van der Waals surface area (Å²) in [6.07, 6.45) is -0.703. The van der Waals surface area contributed by atoms with Gasteiger partial charge in [0.15, 0.2) is 0 Å². The van der Waals surface area contributed by atoms with Crippen LogP contribution in [-0.2, 0) is 33.4 Å². The molecule has 0 aromatic rings. The highest BCUT2D eigenvalue weighted by Gasteiger charge is 2.53. The van der Waals surface area contributed by atoms with Gasteiger partial charge in [-0.05, 0) is 19.9 Å². The van der Waals surface area contributed by atoms with Gasteiger partial charge in [-0.1, -0.05) is 6.58 Å². The standard InChI is InChI=1S/C13H19NO7S/c1-4-11(15)14-6-12(16)19-7(2)9-5-10-13(20-9)8(3)22(17,18)21-10/h4,7-10,13H,1,5-6H2,2-3H3,(H,14,15). The molecule has 0 saturated carbocycles. The molecular formula is C13H19NO7S. The van der Waals surface area contributed by atoms with E-state index in [-0.39, 0.29) is 6.54 Å². The van der Waals surface area contributed by atoms with Crippen molar-refractivity contribution in [2.24, 2.45) is 0 Å². The van der Waals surface area contributed by atoms with Crippen LogP contribution >= 0.6 is 0 Å². The van der Waals surface area contributed by atoms with Crippen molar-refractivity contribution in [3.05, 3.63) is 12.7 Å². The lowest BCUT2D eigenvalue weighted by Gasteiger charge is -2.21. The summed E-state index contributed by atoms with van der Waals surface area (Å²) in [5.41, 5.74) is 0. The summed E-state index contributed by atoms with van der Waals surface area (Å²) in [7, 11) is -3.57. The molecule has 5 atom stereocenters. The van der Waals surface area contributed by atoms with Crippen LogP contribution in [0.2, 0.25) is 0 Å². The Bertz CT molecular complexity index is 573. The molecule has 9 heteroatoms. The van der Waals surface area contributed by atoms with E-state index in [4.69, 9.17) is 13.7 Å². The van der Waals surface area contributed by atoms with Crippen LogP contribution < -0.4 is 5.32 Å². The Morgan fingerprint density at radius 3 is 2.77 bits per heavy atom. The molecule has 22 heavy (non-hydrogen) atoms. The number of rotatable bonds is 5. The van der Waals surface area contributed by atoms with Crippen LogP contribution in [0.5, 0.6) is 0 Å². The Balaban J connectivity index is 1.83. The van der Waals surface area contributed by atoms with E-state index >= 15 is 0 Å². The SMILES string of the molecule is C=CC(=O)NCC(=O)OC(C)C1CC2OS(=O)(=O)C(C)C2O1. The van der Waals surface area contributed by atoms with E-state index in [9.17, 15) is 18.0 Å². The number of carbonyl (C=O) groups excluding carboxylic acids is 2. The molecular weight excluding hydrogens is 314 g/mol. The molecule has 8 nitrogen and oxygen atoms in total. The summed E-state index contributed by atoms with van der Waals surface area (Å²) < 4.78 is 39.0. The number of hydrogen-bond donors (Lipinski definition) is 1. The summed E-state index contributed by atoms with van der Waals surface area (Å²) in [6, 6.07) is 0. The zero-order chi connectivity index (χ0) is 16.5. The highest BCUT2D eigenvalue weighted by Crippen LogP contribution is 2.37. The largest absolute Gasteiger partial charge is 0.459 e. The lowest BCUT2D eigenvalue weighted by atomic mass is 10.1. The molecule has 2 aliphatic rings. The second-order valence-corrected chi connectivity index (χ2v) is 7.25. The first kappa shape index (κ1) is 16.9. The van der Waals surface area contributed by atoms with Gasteiger partial charge in [0.25, 0.3) is 10.1 Å².